The van der Waals surface area contributed by atoms with E-state index in [9.17, 15) is 4.79 Å². The van der Waals surface area contributed by atoms with Gasteiger partial charge in [0.25, 0.3) is 0 Å². The summed E-state index contributed by atoms with van der Waals surface area (Å²) in [4.78, 5) is 16.1. The highest BCUT2D eigenvalue weighted by Gasteiger charge is 2.32. The standard InChI is InChI=1S/C16H32N2O2.BrH/c1-12(2)7-17(8-13(3)4)10-15-11-18(9-14(5)6)16(19)20-15;/h12-15H,7-11H2,1-6H3;1H. The van der Waals surface area contributed by atoms with Crippen LogP contribution in [0.5, 0.6) is 0 Å². The molecular weight excluding hydrogens is 332 g/mol. The van der Waals surface area contributed by atoms with Gasteiger partial charge in [0.15, 0.2) is 0 Å². The summed E-state index contributed by atoms with van der Waals surface area (Å²) in [7, 11) is 0. The molecule has 4 nitrogen and oxygen atoms in total. The number of carbonyl (C=O) groups is 1. The van der Waals surface area contributed by atoms with E-state index in [0.29, 0.717) is 17.8 Å². The van der Waals surface area contributed by atoms with E-state index in [1.54, 1.807) is 0 Å². The quantitative estimate of drug-likeness (QED) is 0.658. The summed E-state index contributed by atoms with van der Waals surface area (Å²) in [6, 6.07) is 0. The first-order chi connectivity index (χ1) is 9.27. The molecule has 1 amide bonds. The predicted molar refractivity (Wildman–Crippen MR) is 93.1 cm³/mol. The van der Waals surface area contributed by atoms with E-state index in [1.807, 2.05) is 4.90 Å². The first kappa shape index (κ1) is 20.7. The van der Waals surface area contributed by atoms with Crippen molar-refractivity contribution < 1.29 is 9.53 Å². The van der Waals surface area contributed by atoms with Gasteiger partial charge in [-0.25, -0.2) is 4.79 Å². The Balaban J connectivity index is 0.00000400. The minimum atomic E-state index is -0.141. The van der Waals surface area contributed by atoms with Crippen molar-refractivity contribution in [2.45, 2.75) is 47.6 Å². The third-order valence-corrected chi connectivity index (χ3v) is 3.24. The topological polar surface area (TPSA) is 32.8 Å². The minimum Gasteiger partial charge on any atom is -0.443 e. The number of carbonyl (C=O) groups excluding carboxylic acids is 1. The molecule has 1 heterocycles. The summed E-state index contributed by atoms with van der Waals surface area (Å²) in [5.74, 6) is 1.76. The summed E-state index contributed by atoms with van der Waals surface area (Å²) in [5.41, 5.74) is 0. The molecular formula is C16H33BrN2O2. The smallest absolute Gasteiger partial charge is 0.410 e. The zero-order valence-corrected chi connectivity index (χ0v) is 16.2. The highest BCUT2D eigenvalue weighted by molar-refractivity contribution is 8.93. The lowest BCUT2D eigenvalue weighted by atomic mass is 10.1. The van der Waals surface area contributed by atoms with Gasteiger partial charge in [-0.3, -0.25) is 4.90 Å². The molecule has 0 aromatic carbocycles. The van der Waals surface area contributed by atoms with Crippen molar-refractivity contribution >= 4 is 23.1 Å². The number of halogens is 1. The van der Waals surface area contributed by atoms with Crippen molar-refractivity contribution in [1.29, 1.82) is 0 Å². The van der Waals surface area contributed by atoms with E-state index in [-0.39, 0.29) is 29.2 Å². The first-order valence-electron chi connectivity index (χ1n) is 7.95. The molecule has 21 heavy (non-hydrogen) atoms. The number of nitrogens with zero attached hydrogens (tertiary/aromatic N) is 2. The minimum absolute atomic E-state index is 0. The fraction of sp³-hybridized carbons (Fsp3) is 0.938. The van der Waals surface area contributed by atoms with Crippen LogP contribution < -0.4 is 0 Å². The summed E-state index contributed by atoms with van der Waals surface area (Å²) >= 11 is 0. The molecule has 1 unspecified atom stereocenters. The molecule has 1 rings (SSSR count). The van der Waals surface area contributed by atoms with Gasteiger partial charge >= 0.3 is 6.09 Å². The van der Waals surface area contributed by atoms with Crippen LogP contribution in [0.1, 0.15) is 41.5 Å². The molecule has 0 bridgehead atoms. The maximum Gasteiger partial charge on any atom is 0.410 e. The van der Waals surface area contributed by atoms with Crippen molar-refractivity contribution in [3.63, 3.8) is 0 Å². The first-order valence-corrected chi connectivity index (χ1v) is 7.95. The second-order valence-electron chi connectivity index (χ2n) is 7.31. The second-order valence-corrected chi connectivity index (χ2v) is 7.31. The highest BCUT2D eigenvalue weighted by Crippen LogP contribution is 2.15. The van der Waals surface area contributed by atoms with E-state index >= 15 is 0 Å². The van der Waals surface area contributed by atoms with E-state index in [1.165, 1.54) is 0 Å². The van der Waals surface area contributed by atoms with Gasteiger partial charge in [0, 0.05) is 26.2 Å². The molecule has 1 aliphatic rings. The van der Waals surface area contributed by atoms with Crippen LogP contribution in [-0.2, 0) is 4.74 Å². The number of hydrogen-bond donors (Lipinski definition) is 0. The van der Waals surface area contributed by atoms with Gasteiger partial charge in [-0.05, 0) is 17.8 Å². The zero-order valence-electron chi connectivity index (χ0n) is 14.5. The summed E-state index contributed by atoms with van der Waals surface area (Å²) in [5, 5.41) is 0. The van der Waals surface area contributed by atoms with Gasteiger partial charge in [-0.2, -0.15) is 0 Å². The van der Waals surface area contributed by atoms with Crippen molar-refractivity contribution in [3.05, 3.63) is 0 Å². The Hall–Kier alpha value is -0.290. The number of ether oxygens (including phenoxy) is 1. The second kappa shape index (κ2) is 9.67. The van der Waals surface area contributed by atoms with Crippen LogP contribution in [0.4, 0.5) is 4.79 Å². The van der Waals surface area contributed by atoms with E-state index < -0.39 is 0 Å². The van der Waals surface area contributed by atoms with Crippen molar-refractivity contribution in [2.24, 2.45) is 17.8 Å². The maximum absolute atomic E-state index is 11.8. The summed E-state index contributed by atoms with van der Waals surface area (Å²) in [6.45, 7) is 17.7. The Morgan fingerprint density at radius 3 is 2.05 bits per heavy atom. The van der Waals surface area contributed by atoms with Gasteiger partial charge < -0.3 is 9.64 Å². The number of cyclic esters (lactones) is 1. The van der Waals surface area contributed by atoms with Crippen LogP contribution in [0.3, 0.4) is 0 Å². The number of rotatable bonds is 8. The Bertz CT molecular complexity index is 299. The number of hydrogen-bond acceptors (Lipinski definition) is 3. The van der Waals surface area contributed by atoms with Gasteiger partial charge in [0.1, 0.15) is 6.10 Å². The van der Waals surface area contributed by atoms with Gasteiger partial charge in [-0.15, -0.1) is 17.0 Å². The molecule has 1 atom stereocenters. The molecule has 0 aromatic heterocycles. The lowest BCUT2D eigenvalue weighted by Crippen LogP contribution is -2.39. The van der Waals surface area contributed by atoms with Gasteiger partial charge in [-0.1, -0.05) is 41.5 Å². The molecule has 1 aliphatic heterocycles. The largest absolute Gasteiger partial charge is 0.443 e. The van der Waals surface area contributed by atoms with Crippen LogP contribution in [0.15, 0.2) is 0 Å². The lowest BCUT2D eigenvalue weighted by molar-refractivity contribution is 0.0970. The normalized spacial score (nSPS) is 18.9. The van der Waals surface area contributed by atoms with E-state index in [2.05, 4.69) is 46.4 Å². The van der Waals surface area contributed by atoms with Gasteiger partial charge in [0.05, 0.1) is 6.54 Å². The average Bonchev–Trinajstić information content (AvgIpc) is 2.55. The zero-order chi connectivity index (χ0) is 15.3. The fourth-order valence-corrected chi connectivity index (χ4v) is 2.80. The lowest BCUT2D eigenvalue weighted by Gasteiger charge is -2.27. The Kier molecular flexibility index (Phi) is 9.54. The fourth-order valence-electron chi connectivity index (χ4n) is 2.80. The molecule has 0 aliphatic carbocycles. The Labute approximate surface area is 141 Å². The highest BCUT2D eigenvalue weighted by atomic mass is 79.9. The molecule has 1 fully saturated rings. The molecule has 0 radical (unpaired) electrons. The molecule has 5 heteroatoms. The van der Waals surface area contributed by atoms with Crippen LogP contribution >= 0.6 is 17.0 Å². The third-order valence-electron chi connectivity index (χ3n) is 3.24. The monoisotopic (exact) mass is 364 g/mol. The summed E-state index contributed by atoms with van der Waals surface area (Å²) in [6.07, 6.45) is -0.114. The third kappa shape index (κ3) is 8.05. The molecule has 1 saturated heterocycles. The SMILES string of the molecule is Br.CC(C)CN(CC(C)C)CC1CN(CC(C)C)C(=O)O1. The van der Waals surface area contributed by atoms with Crippen molar-refractivity contribution in [2.75, 3.05) is 32.7 Å². The van der Waals surface area contributed by atoms with Crippen LogP contribution in [0, 0.1) is 17.8 Å². The Morgan fingerprint density at radius 1 is 1.10 bits per heavy atom. The van der Waals surface area contributed by atoms with Crippen molar-refractivity contribution in [1.82, 2.24) is 9.80 Å². The molecule has 0 N–H and O–H groups in total. The average molecular weight is 365 g/mol. The van der Waals surface area contributed by atoms with Crippen LogP contribution in [0.2, 0.25) is 0 Å². The van der Waals surface area contributed by atoms with Gasteiger partial charge in [0.2, 0.25) is 0 Å². The predicted octanol–water partition coefficient (Wildman–Crippen LogP) is 3.66. The number of amides is 1. The van der Waals surface area contributed by atoms with E-state index in [4.69, 9.17) is 4.74 Å². The molecule has 126 valence electrons. The molecule has 0 spiro atoms. The molecule has 0 aromatic rings. The summed E-state index contributed by atoms with van der Waals surface area (Å²) < 4.78 is 5.51. The van der Waals surface area contributed by atoms with E-state index in [0.717, 1.165) is 32.7 Å². The van der Waals surface area contributed by atoms with Crippen molar-refractivity contribution in [3.8, 4) is 0 Å². The van der Waals surface area contributed by atoms with Crippen LogP contribution in [0.25, 0.3) is 0 Å². The maximum atomic E-state index is 11.8. The molecule has 0 saturated carbocycles. The van der Waals surface area contributed by atoms with Crippen LogP contribution in [-0.4, -0.2) is 54.7 Å². The Morgan fingerprint density at radius 2 is 1.62 bits per heavy atom.